The Hall–Kier alpha value is -0.830. The molecule has 0 heterocycles. The van der Waals surface area contributed by atoms with Gasteiger partial charge in [0.05, 0.1) is 10.3 Å². The Kier molecular flexibility index (Phi) is 4.54. The monoisotopic (exact) mass is 397 g/mol. The summed E-state index contributed by atoms with van der Waals surface area (Å²) in [4.78, 5) is 32.2. The molecule has 5 nitrogen and oxygen atoms in total. The molecule has 0 aliphatic rings. The molecule has 0 aliphatic heterocycles. The lowest BCUT2D eigenvalue weighted by Crippen LogP contribution is -2.06. The van der Waals surface area contributed by atoms with Crippen LogP contribution < -0.4 is 0 Å². The Balaban J connectivity index is 3.48. The van der Waals surface area contributed by atoms with Crippen molar-refractivity contribution in [1.29, 1.82) is 0 Å². The average molecular weight is 398 g/mol. The molecule has 0 bridgehead atoms. The summed E-state index contributed by atoms with van der Waals surface area (Å²) >= 11 is 4.71. The lowest BCUT2D eigenvalue weighted by atomic mass is 10.1. The van der Waals surface area contributed by atoms with Gasteiger partial charge in [0.1, 0.15) is 9.86 Å². The first kappa shape index (κ1) is 13.2. The predicted octanol–water partition coefficient (Wildman–Crippen LogP) is 2.59. The molecule has 0 saturated heterocycles. The van der Waals surface area contributed by atoms with E-state index in [-0.39, 0.29) is 31.5 Å². The number of alkyl halides is 1. The first-order chi connectivity index (χ1) is 7.51. The van der Waals surface area contributed by atoms with Crippen LogP contribution in [-0.2, 0) is 0 Å². The summed E-state index contributed by atoms with van der Waals surface area (Å²) < 4.78 is 0.248. The van der Waals surface area contributed by atoms with Gasteiger partial charge in [0.25, 0.3) is 5.69 Å². The summed E-state index contributed by atoms with van der Waals surface area (Å²) in [6.07, 6.45) is 0.480. The number of ketones is 1. The predicted molar refractivity (Wildman–Crippen MR) is 69.3 cm³/mol. The maximum atomic E-state index is 11.5. The third-order valence-electron chi connectivity index (χ3n) is 1.83. The summed E-state index contributed by atoms with van der Waals surface area (Å²) in [5, 5.41) is 10.8. The molecule has 0 unspecified atom stereocenters. The second-order valence-corrected chi connectivity index (χ2v) is 4.47. The van der Waals surface area contributed by atoms with Gasteiger partial charge in [-0.2, -0.15) is 0 Å². The van der Waals surface area contributed by atoms with Crippen LogP contribution in [0.4, 0.5) is 5.69 Å². The van der Waals surface area contributed by atoms with Crippen molar-refractivity contribution in [3.8, 4) is 0 Å². The van der Waals surface area contributed by atoms with Gasteiger partial charge in [0.15, 0.2) is 5.78 Å². The van der Waals surface area contributed by atoms with Gasteiger partial charge in [-0.25, -0.2) is 0 Å². The second kappa shape index (κ2) is 5.48. The van der Waals surface area contributed by atoms with Crippen molar-refractivity contribution in [3.05, 3.63) is 36.9 Å². The van der Waals surface area contributed by atoms with Crippen LogP contribution >= 0.6 is 38.5 Å². The average Bonchev–Trinajstić information content (AvgIpc) is 2.28. The highest BCUT2D eigenvalue weighted by Crippen LogP contribution is 2.26. The molecular weight excluding hydrogens is 393 g/mol. The molecule has 0 aliphatic carbocycles. The molecule has 1 aromatic rings. The Morgan fingerprint density at radius 3 is 2.62 bits per heavy atom. The standard InChI is InChI=1S/C9H5BrINO4/c10-3-8(14)6-1-5(4-13)2-7(9(6)11)12(15)16/h1-2,4H,3H2. The van der Waals surface area contributed by atoms with E-state index in [1.807, 2.05) is 0 Å². The fraction of sp³-hybridized carbons (Fsp3) is 0.111. The molecule has 0 fully saturated rings. The number of Topliss-reactive ketones (excluding diaryl/α,β-unsaturated/α-hetero) is 1. The Labute approximate surface area is 113 Å². The normalized spacial score (nSPS) is 9.88. The van der Waals surface area contributed by atoms with Crippen LogP contribution in [0.3, 0.4) is 0 Å². The van der Waals surface area contributed by atoms with Crippen LogP contribution in [0, 0.1) is 13.7 Å². The van der Waals surface area contributed by atoms with Crippen molar-refractivity contribution >= 4 is 56.3 Å². The first-order valence-electron chi connectivity index (χ1n) is 4.03. The fourth-order valence-electron chi connectivity index (χ4n) is 1.11. The van der Waals surface area contributed by atoms with E-state index >= 15 is 0 Å². The van der Waals surface area contributed by atoms with E-state index in [0.29, 0.717) is 6.29 Å². The van der Waals surface area contributed by atoms with Crippen LogP contribution in [-0.4, -0.2) is 22.3 Å². The molecule has 16 heavy (non-hydrogen) atoms. The number of rotatable bonds is 4. The van der Waals surface area contributed by atoms with Crippen molar-refractivity contribution in [2.45, 2.75) is 0 Å². The van der Waals surface area contributed by atoms with Crippen molar-refractivity contribution in [1.82, 2.24) is 0 Å². The van der Waals surface area contributed by atoms with E-state index in [4.69, 9.17) is 0 Å². The summed E-state index contributed by atoms with van der Waals surface area (Å²) in [5.74, 6) is -0.295. The highest BCUT2D eigenvalue weighted by Gasteiger charge is 2.20. The number of hydrogen-bond acceptors (Lipinski definition) is 4. The number of carbonyl (C=O) groups excluding carboxylic acids is 2. The van der Waals surface area contributed by atoms with E-state index < -0.39 is 4.92 Å². The lowest BCUT2D eigenvalue weighted by Gasteiger charge is -2.03. The molecule has 0 N–H and O–H groups in total. The van der Waals surface area contributed by atoms with E-state index in [2.05, 4.69) is 15.9 Å². The van der Waals surface area contributed by atoms with E-state index in [1.54, 1.807) is 22.6 Å². The van der Waals surface area contributed by atoms with Crippen LogP contribution in [0.5, 0.6) is 0 Å². The number of nitro benzene ring substituents is 1. The van der Waals surface area contributed by atoms with Gasteiger partial charge in [-0.3, -0.25) is 19.7 Å². The Morgan fingerprint density at radius 1 is 1.56 bits per heavy atom. The molecular formula is C9H5BrINO4. The number of aldehydes is 1. The van der Waals surface area contributed by atoms with Gasteiger partial charge in [0, 0.05) is 17.2 Å². The van der Waals surface area contributed by atoms with Gasteiger partial charge < -0.3 is 0 Å². The van der Waals surface area contributed by atoms with Gasteiger partial charge in [-0.05, 0) is 28.7 Å². The zero-order valence-corrected chi connectivity index (χ0v) is 11.5. The summed E-state index contributed by atoms with van der Waals surface area (Å²) in [6, 6.07) is 2.51. The highest BCUT2D eigenvalue weighted by atomic mass is 127. The number of benzene rings is 1. The lowest BCUT2D eigenvalue weighted by molar-refractivity contribution is -0.385. The zero-order chi connectivity index (χ0) is 12.3. The SMILES string of the molecule is O=Cc1cc(C(=O)CBr)c(I)c([N+](=O)[O-])c1. The number of nitro groups is 1. The quantitative estimate of drug-likeness (QED) is 0.195. The largest absolute Gasteiger partial charge is 0.298 e. The van der Waals surface area contributed by atoms with Crippen LogP contribution in [0.1, 0.15) is 20.7 Å². The Morgan fingerprint density at radius 2 is 2.19 bits per heavy atom. The number of halogens is 2. The summed E-state index contributed by atoms with van der Waals surface area (Å²) in [5.41, 5.74) is 0.0830. The molecule has 1 aromatic carbocycles. The van der Waals surface area contributed by atoms with Crippen LogP contribution in [0.15, 0.2) is 12.1 Å². The molecule has 0 atom stereocenters. The van der Waals surface area contributed by atoms with E-state index in [9.17, 15) is 19.7 Å². The summed E-state index contributed by atoms with van der Waals surface area (Å²) in [6.45, 7) is 0. The highest BCUT2D eigenvalue weighted by molar-refractivity contribution is 14.1. The van der Waals surface area contributed by atoms with Crippen molar-refractivity contribution in [3.63, 3.8) is 0 Å². The van der Waals surface area contributed by atoms with E-state index in [0.717, 1.165) is 6.07 Å². The topological polar surface area (TPSA) is 77.3 Å². The Bertz CT molecular complexity index is 475. The molecule has 0 aromatic heterocycles. The fourth-order valence-corrected chi connectivity index (χ4v) is 2.22. The van der Waals surface area contributed by atoms with Gasteiger partial charge in [0.2, 0.25) is 0 Å². The molecule has 0 saturated carbocycles. The van der Waals surface area contributed by atoms with Crippen molar-refractivity contribution < 1.29 is 14.5 Å². The minimum atomic E-state index is -0.611. The molecule has 1 rings (SSSR count). The third-order valence-corrected chi connectivity index (χ3v) is 3.47. The number of nitrogens with zero attached hydrogens (tertiary/aromatic N) is 1. The smallest absolute Gasteiger partial charge is 0.284 e. The third kappa shape index (κ3) is 2.64. The molecule has 0 spiro atoms. The number of carbonyl (C=O) groups is 2. The van der Waals surface area contributed by atoms with Gasteiger partial charge in [-0.15, -0.1) is 0 Å². The maximum Gasteiger partial charge on any atom is 0.284 e. The zero-order valence-electron chi connectivity index (χ0n) is 7.78. The van der Waals surface area contributed by atoms with E-state index in [1.165, 1.54) is 6.07 Å². The molecule has 7 heteroatoms. The first-order valence-corrected chi connectivity index (χ1v) is 6.23. The molecule has 0 radical (unpaired) electrons. The minimum Gasteiger partial charge on any atom is -0.298 e. The van der Waals surface area contributed by atoms with Crippen LogP contribution in [0.25, 0.3) is 0 Å². The summed E-state index contributed by atoms with van der Waals surface area (Å²) in [7, 11) is 0. The van der Waals surface area contributed by atoms with Crippen molar-refractivity contribution in [2.24, 2.45) is 0 Å². The maximum absolute atomic E-state index is 11.5. The molecule has 0 amide bonds. The molecule has 84 valence electrons. The van der Waals surface area contributed by atoms with Gasteiger partial charge in [-0.1, -0.05) is 15.9 Å². The van der Waals surface area contributed by atoms with Crippen LogP contribution in [0.2, 0.25) is 0 Å². The minimum absolute atomic E-state index is 0.0580. The number of hydrogen-bond donors (Lipinski definition) is 0. The van der Waals surface area contributed by atoms with Gasteiger partial charge >= 0.3 is 0 Å². The van der Waals surface area contributed by atoms with Crippen molar-refractivity contribution in [2.75, 3.05) is 5.33 Å². The second-order valence-electron chi connectivity index (χ2n) is 2.83.